The molecule has 0 saturated heterocycles. The zero-order valence-electron chi connectivity index (χ0n) is 12.8. The Kier molecular flexibility index (Phi) is 5.52. The molecule has 0 aliphatic carbocycles. The SMILES string of the molecule is CCCNC(C)(C)CC(C)(C)CC(C)(C)C. The fraction of sp³-hybridized carbons (Fsp3) is 1.00. The number of hydrogen-bond acceptors (Lipinski definition) is 1. The van der Waals surface area contributed by atoms with Gasteiger partial charge in [0.05, 0.1) is 0 Å². The minimum absolute atomic E-state index is 0.255. The fourth-order valence-corrected chi connectivity index (χ4v) is 3.22. The third-order valence-electron chi connectivity index (χ3n) is 2.78. The Bertz CT molecular complexity index is 196. The second-order valence-corrected chi connectivity index (χ2v) is 7.89. The molecule has 0 aromatic carbocycles. The molecule has 0 heterocycles. The van der Waals surface area contributed by atoms with Crippen molar-refractivity contribution in [3.8, 4) is 0 Å². The van der Waals surface area contributed by atoms with Gasteiger partial charge < -0.3 is 5.32 Å². The standard InChI is InChI=1S/C15H33N/c1-9-10-16-15(7,8)12-14(5,6)11-13(2,3)4/h16H,9-12H2,1-8H3. The molecular formula is C15H33N. The van der Waals surface area contributed by atoms with Gasteiger partial charge in [-0.05, 0) is 50.5 Å². The van der Waals surface area contributed by atoms with Crippen molar-refractivity contribution in [3.05, 3.63) is 0 Å². The molecule has 0 rings (SSSR count). The summed E-state index contributed by atoms with van der Waals surface area (Å²) in [5.41, 5.74) is 1.08. The van der Waals surface area contributed by atoms with Crippen LogP contribution >= 0.6 is 0 Å². The molecule has 1 nitrogen and oxygen atoms in total. The fourth-order valence-electron chi connectivity index (χ4n) is 3.22. The second-order valence-electron chi connectivity index (χ2n) is 7.89. The van der Waals surface area contributed by atoms with Crippen LogP contribution in [0, 0.1) is 10.8 Å². The molecule has 0 aliphatic rings. The van der Waals surface area contributed by atoms with E-state index in [0.29, 0.717) is 10.8 Å². The number of hydrogen-bond donors (Lipinski definition) is 1. The Morgan fingerprint density at radius 2 is 1.31 bits per heavy atom. The summed E-state index contributed by atoms with van der Waals surface area (Å²) in [6, 6.07) is 0. The molecule has 0 radical (unpaired) electrons. The normalized spacial score (nSPS) is 14.2. The highest BCUT2D eigenvalue weighted by Gasteiger charge is 2.31. The molecule has 0 fully saturated rings. The van der Waals surface area contributed by atoms with Crippen molar-refractivity contribution >= 4 is 0 Å². The van der Waals surface area contributed by atoms with Gasteiger partial charge >= 0.3 is 0 Å². The highest BCUT2D eigenvalue weighted by Crippen LogP contribution is 2.38. The van der Waals surface area contributed by atoms with Crippen LogP contribution in [0.2, 0.25) is 0 Å². The molecule has 1 heteroatoms. The van der Waals surface area contributed by atoms with Crippen LogP contribution in [-0.2, 0) is 0 Å². The Balaban J connectivity index is 4.33. The lowest BCUT2D eigenvalue weighted by molar-refractivity contribution is 0.152. The summed E-state index contributed by atoms with van der Waals surface area (Å²) in [5.74, 6) is 0. The predicted molar refractivity (Wildman–Crippen MR) is 74.8 cm³/mol. The molecular weight excluding hydrogens is 194 g/mol. The van der Waals surface area contributed by atoms with Gasteiger partial charge in [0, 0.05) is 5.54 Å². The molecule has 16 heavy (non-hydrogen) atoms. The highest BCUT2D eigenvalue weighted by molar-refractivity contribution is 4.87. The lowest BCUT2D eigenvalue weighted by Crippen LogP contribution is -2.43. The summed E-state index contributed by atoms with van der Waals surface area (Å²) in [7, 11) is 0. The van der Waals surface area contributed by atoms with E-state index in [1.807, 2.05) is 0 Å². The average Bonchev–Trinajstić information content (AvgIpc) is 1.93. The highest BCUT2D eigenvalue weighted by atomic mass is 14.9. The molecule has 0 bridgehead atoms. The molecule has 0 aromatic heterocycles. The Hall–Kier alpha value is -0.0400. The summed E-state index contributed by atoms with van der Waals surface area (Å²) >= 11 is 0. The van der Waals surface area contributed by atoms with E-state index in [4.69, 9.17) is 0 Å². The summed E-state index contributed by atoms with van der Waals surface area (Å²) in [6.07, 6.45) is 3.72. The maximum Gasteiger partial charge on any atom is 0.0130 e. The third-order valence-corrected chi connectivity index (χ3v) is 2.78. The maximum absolute atomic E-state index is 3.65. The zero-order valence-corrected chi connectivity index (χ0v) is 12.8. The van der Waals surface area contributed by atoms with Gasteiger partial charge in [-0.15, -0.1) is 0 Å². The van der Waals surface area contributed by atoms with Crippen LogP contribution in [-0.4, -0.2) is 12.1 Å². The van der Waals surface area contributed by atoms with E-state index < -0.39 is 0 Å². The van der Waals surface area contributed by atoms with Gasteiger partial charge in [0.1, 0.15) is 0 Å². The Labute approximate surface area is 103 Å². The third kappa shape index (κ3) is 8.15. The molecule has 0 amide bonds. The van der Waals surface area contributed by atoms with Crippen LogP contribution in [0.1, 0.15) is 74.7 Å². The van der Waals surface area contributed by atoms with Gasteiger partial charge in [0.25, 0.3) is 0 Å². The van der Waals surface area contributed by atoms with E-state index in [0.717, 1.165) is 6.54 Å². The summed E-state index contributed by atoms with van der Waals surface area (Å²) < 4.78 is 0. The largest absolute Gasteiger partial charge is 0.312 e. The molecule has 0 aromatic rings. The van der Waals surface area contributed by atoms with Crippen molar-refractivity contribution in [1.82, 2.24) is 5.32 Å². The number of nitrogens with one attached hydrogen (secondary N) is 1. The van der Waals surface area contributed by atoms with E-state index in [9.17, 15) is 0 Å². The van der Waals surface area contributed by atoms with E-state index in [1.54, 1.807) is 0 Å². The predicted octanol–water partition coefficient (Wildman–Crippen LogP) is 4.62. The molecule has 0 aliphatic heterocycles. The lowest BCUT2D eigenvalue weighted by atomic mass is 9.70. The van der Waals surface area contributed by atoms with Crippen molar-refractivity contribution in [1.29, 1.82) is 0 Å². The van der Waals surface area contributed by atoms with E-state index >= 15 is 0 Å². The van der Waals surface area contributed by atoms with Crippen molar-refractivity contribution < 1.29 is 0 Å². The zero-order chi connectivity index (χ0) is 13.0. The van der Waals surface area contributed by atoms with Gasteiger partial charge in [-0.1, -0.05) is 41.5 Å². The molecule has 1 N–H and O–H groups in total. The van der Waals surface area contributed by atoms with Crippen molar-refractivity contribution in [2.75, 3.05) is 6.54 Å². The Morgan fingerprint density at radius 3 is 1.69 bits per heavy atom. The van der Waals surface area contributed by atoms with E-state index in [1.165, 1.54) is 19.3 Å². The van der Waals surface area contributed by atoms with Crippen LogP contribution in [0.3, 0.4) is 0 Å². The first kappa shape index (κ1) is 16.0. The van der Waals surface area contributed by atoms with Crippen LogP contribution in [0.15, 0.2) is 0 Å². The van der Waals surface area contributed by atoms with E-state index in [2.05, 4.69) is 60.7 Å². The summed E-state index contributed by atoms with van der Waals surface area (Å²) in [5, 5.41) is 3.65. The molecule has 0 saturated carbocycles. The van der Waals surface area contributed by atoms with Gasteiger partial charge in [0.2, 0.25) is 0 Å². The van der Waals surface area contributed by atoms with E-state index in [-0.39, 0.29) is 5.54 Å². The lowest BCUT2D eigenvalue weighted by Gasteiger charge is -2.39. The first-order valence-corrected chi connectivity index (χ1v) is 6.72. The van der Waals surface area contributed by atoms with Crippen molar-refractivity contribution in [3.63, 3.8) is 0 Å². The molecule has 0 atom stereocenters. The van der Waals surface area contributed by atoms with Crippen LogP contribution in [0.4, 0.5) is 0 Å². The van der Waals surface area contributed by atoms with Crippen LogP contribution in [0.5, 0.6) is 0 Å². The smallest absolute Gasteiger partial charge is 0.0130 e. The average molecular weight is 227 g/mol. The number of rotatable bonds is 6. The first-order valence-electron chi connectivity index (χ1n) is 6.72. The Morgan fingerprint density at radius 1 is 0.812 bits per heavy atom. The van der Waals surface area contributed by atoms with Gasteiger partial charge in [-0.25, -0.2) is 0 Å². The summed E-state index contributed by atoms with van der Waals surface area (Å²) in [4.78, 5) is 0. The maximum atomic E-state index is 3.65. The van der Waals surface area contributed by atoms with Crippen LogP contribution in [0.25, 0.3) is 0 Å². The van der Waals surface area contributed by atoms with Gasteiger partial charge in [-0.2, -0.15) is 0 Å². The van der Waals surface area contributed by atoms with Crippen molar-refractivity contribution in [2.45, 2.75) is 80.2 Å². The monoisotopic (exact) mass is 227 g/mol. The molecule has 98 valence electrons. The van der Waals surface area contributed by atoms with Gasteiger partial charge in [-0.3, -0.25) is 0 Å². The molecule has 0 unspecified atom stereocenters. The first-order chi connectivity index (χ1) is 6.97. The molecule has 0 spiro atoms. The minimum Gasteiger partial charge on any atom is -0.312 e. The van der Waals surface area contributed by atoms with Gasteiger partial charge in [0.15, 0.2) is 0 Å². The van der Waals surface area contributed by atoms with Crippen molar-refractivity contribution in [2.24, 2.45) is 10.8 Å². The summed E-state index contributed by atoms with van der Waals surface area (Å²) in [6.45, 7) is 19.8. The topological polar surface area (TPSA) is 12.0 Å². The minimum atomic E-state index is 0.255. The quantitative estimate of drug-likeness (QED) is 0.698. The second kappa shape index (κ2) is 5.53. The van der Waals surface area contributed by atoms with Crippen LogP contribution < -0.4 is 5.32 Å².